The number of rotatable bonds is 3. The third-order valence-electron chi connectivity index (χ3n) is 3.71. The number of carbonyl (C=O) groups excluding carboxylic acids is 1. The van der Waals surface area contributed by atoms with Crippen LogP contribution in [0.5, 0.6) is 0 Å². The van der Waals surface area contributed by atoms with Gasteiger partial charge in [0.05, 0.1) is 28.2 Å². The lowest BCUT2D eigenvalue weighted by Gasteiger charge is -2.14. The van der Waals surface area contributed by atoms with Crippen molar-refractivity contribution in [2.24, 2.45) is 7.05 Å². The smallest absolute Gasteiger partial charge is 0.319 e. The molecule has 0 aliphatic rings. The summed E-state index contributed by atoms with van der Waals surface area (Å²) in [5.41, 5.74) is -4.82. The van der Waals surface area contributed by atoms with Crippen molar-refractivity contribution in [3.8, 4) is 5.69 Å². The Morgan fingerprint density at radius 3 is 2.34 bits per heavy atom. The maximum atomic E-state index is 13.6. The SMILES string of the molecule is Cn1cc(C(=O)Nc2cnn(-c3ccccc3Cl)c2C(F)(F)F)c(C(F)(F)F)n1. The zero-order valence-corrected chi connectivity index (χ0v) is 15.1. The summed E-state index contributed by atoms with van der Waals surface area (Å²) in [6.07, 6.45) is -8.54. The number of amides is 1. The monoisotopic (exact) mass is 437 g/mol. The van der Waals surface area contributed by atoms with E-state index in [2.05, 4.69) is 10.2 Å². The summed E-state index contributed by atoms with van der Waals surface area (Å²) in [6, 6.07) is 5.51. The molecule has 154 valence electrons. The number of para-hydroxylation sites is 1. The lowest BCUT2D eigenvalue weighted by Crippen LogP contribution is -2.21. The number of hydrogen-bond donors (Lipinski definition) is 1. The number of aryl methyl sites for hydroxylation is 1. The van der Waals surface area contributed by atoms with Crippen molar-refractivity contribution in [2.75, 3.05) is 5.32 Å². The average molecular weight is 438 g/mol. The number of hydrogen-bond acceptors (Lipinski definition) is 3. The number of nitrogens with zero attached hydrogens (tertiary/aromatic N) is 4. The van der Waals surface area contributed by atoms with Crippen molar-refractivity contribution in [3.63, 3.8) is 0 Å². The fraction of sp³-hybridized carbons (Fsp3) is 0.188. The van der Waals surface area contributed by atoms with Gasteiger partial charge in [-0.15, -0.1) is 0 Å². The Balaban J connectivity index is 2.06. The highest BCUT2D eigenvalue weighted by Crippen LogP contribution is 2.38. The van der Waals surface area contributed by atoms with E-state index in [-0.39, 0.29) is 10.7 Å². The number of aromatic nitrogens is 4. The number of benzene rings is 1. The molecule has 0 spiro atoms. The highest BCUT2D eigenvalue weighted by molar-refractivity contribution is 6.32. The van der Waals surface area contributed by atoms with E-state index >= 15 is 0 Å². The van der Waals surface area contributed by atoms with Crippen LogP contribution in [0.15, 0.2) is 36.7 Å². The molecule has 29 heavy (non-hydrogen) atoms. The first-order valence-corrected chi connectivity index (χ1v) is 8.09. The van der Waals surface area contributed by atoms with Gasteiger partial charge < -0.3 is 5.32 Å². The Morgan fingerprint density at radius 2 is 1.76 bits per heavy atom. The van der Waals surface area contributed by atoms with E-state index in [0.29, 0.717) is 10.9 Å². The summed E-state index contributed by atoms with van der Waals surface area (Å²) < 4.78 is 81.2. The van der Waals surface area contributed by atoms with Gasteiger partial charge in [0.1, 0.15) is 0 Å². The molecular weight excluding hydrogens is 428 g/mol. The van der Waals surface area contributed by atoms with Crippen LogP contribution < -0.4 is 5.32 Å². The van der Waals surface area contributed by atoms with Crippen molar-refractivity contribution in [1.29, 1.82) is 0 Å². The van der Waals surface area contributed by atoms with Gasteiger partial charge in [-0.25, -0.2) is 4.68 Å². The van der Waals surface area contributed by atoms with E-state index in [9.17, 15) is 31.1 Å². The second kappa shape index (κ2) is 7.10. The molecular formula is C16H10ClF6N5O. The molecule has 2 aromatic heterocycles. The molecule has 0 radical (unpaired) electrons. The molecule has 0 bridgehead atoms. The summed E-state index contributed by atoms with van der Waals surface area (Å²) in [7, 11) is 1.14. The van der Waals surface area contributed by atoms with Crippen LogP contribution in [0, 0.1) is 0 Å². The molecule has 3 aromatic rings. The zero-order chi connectivity index (χ0) is 21.6. The molecule has 6 nitrogen and oxygen atoms in total. The fourth-order valence-corrected chi connectivity index (χ4v) is 2.79. The largest absolute Gasteiger partial charge is 0.435 e. The molecule has 0 aliphatic heterocycles. The molecule has 0 saturated heterocycles. The highest BCUT2D eigenvalue weighted by atomic mass is 35.5. The summed E-state index contributed by atoms with van der Waals surface area (Å²) >= 11 is 5.91. The first-order valence-electron chi connectivity index (χ1n) is 7.72. The van der Waals surface area contributed by atoms with E-state index in [1.807, 2.05) is 5.32 Å². The van der Waals surface area contributed by atoms with Crippen LogP contribution in [-0.4, -0.2) is 25.5 Å². The van der Waals surface area contributed by atoms with E-state index in [0.717, 1.165) is 17.9 Å². The maximum absolute atomic E-state index is 13.6. The first kappa shape index (κ1) is 20.7. The maximum Gasteiger partial charge on any atom is 0.435 e. The molecule has 2 heterocycles. The molecule has 13 heteroatoms. The van der Waals surface area contributed by atoms with Gasteiger partial charge in [-0.05, 0) is 12.1 Å². The average Bonchev–Trinajstić information content (AvgIpc) is 3.18. The zero-order valence-electron chi connectivity index (χ0n) is 14.3. The molecule has 0 unspecified atom stereocenters. The molecule has 1 N–H and O–H groups in total. The quantitative estimate of drug-likeness (QED) is 0.611. The number of anilines is 1. The van der Waals surface area contributed by atoms with Crippen LogP contribution in [0.3, 0.4) is 0 Å². The van der Waals surface area contributed by atoms with Crippen LogP contribution in [0.25, 0.3) is 5.69 Å². The van der Waals surface area contributed by atoms with Crippen LogP contribution >= 0.6 is 11.6 Å². The molecule has 0 saturated carbocycles. The minimum atomic E-state index is -5.00. The number of carbonyl (C=O) groups is 1. The summed E-state index contributed by atoms with van der Waals surface area (Å²) in [5, 5.41) is 8.52. The van der Waals surface area contributed by atoms with Crippen molar-refractivity contribution in [2.45, 2.75) is 12.4 Å². The van der Waals surface area contributed by atoms with E-state index in [1.165, 1.54) is 24.3 Å². The minimum absolute atomic E-state index is 0.0504. The Labute approximate surface area is 163 Å². The molecule has 3 rings (SSSR count). The summed E-state index contributed by atoms with van der Waals surface area (Å²) in [5.74, 6) is -1.42. The molecule has 0 atom stereocenters. The lowest BCUT2D eigenvalue weighted by atomic mass is 10.2. The van der Waals surface area contributed by atoms with E-state index in [1.54, 1.807) is 0 Å². The third kappa shape index (κ3) is 4.06. The van der Waals surface area contributed by atoms with Gasteiger partial charge in [0, 0.05) is 13.2 Å². The van der Waals surface area contributed by atoms with Gasteiger partial charge in [-0.3, -0.25) is 9.48 Å². The predicted molar refractivity (Wildman–Crippen MR) is 89.7 cm³/mol. The molecule has 1 amide bonds. The van der Waals surface area contributed by atoms with Gasteiger partial charge >= 0.3 is 12.4 Å². The second-order valence-corrected chi connectivity index (χ2v) is 6.19. The molecule has 1 aromatic carbocycles. The van der Waals surface area contributed by atoms with Crippen LogP contribution in [0.1, 0.15) is 21.7 Å². The van der Waals surface area contributed by atoms with Crippen molar-refractivity contribution < 1.29 is 31.1 Å². The van der Waals surface area contributed by atoms with Crippen molar-refractivity contribution >= 4 is 23.2 Å². The van der Waals surface area contributed by atoms with Gasteiger partial charge in [-0.1, -0.05) is 23.7 Å². The number of alkyl halides is 6. The Morgan fingerprint density at radius 1 is 1.10 bits per heavy atom. The molecule has 0 fully saturated rings. The predicted octanol–water partition coefficient (Wildman–Crippen LogP) is 4.55. The van der Waals surface area contributed by atoms with Crippen LogP contribution in [-0.2, 0) is 19.4 Å². The first-order chi connectivity index (χ1) is 13.4. The van der Waals surface area contributed by atoms with E-state index in [4.69, 9.17) is 11.6 Å². The Kier molecular flexibility index (Phi) is 5.07. The van der Waals surface area contributed by atoms with Gasteiger partial charge in [-0.2, -0.15) is 36.5 Å². The highest BCUT2D eigenvalue weighted by Gasteiger charge is 2.42. The van der Waals surface area contributed by atoms with Crippen molar-refractivity contribution in [1.82, 2.24) is 19.6 Å². The van der Waals surface area contributed by atoms with Gasteiger partial charge in [0.2, 0.25) is 0 Å². The molecule has 0 aliphatic carbocycles. The minimum Gasteiger partial charge on any atom is -0.319 e. The lowest BCUT2D eigenvalue weighted by molar-refractivity contribution is -0.142. The number of nitrogens with one attached hydrogen (secondary N) is 1. The topological polar surface area (TPSA) is 64.7 Å². The van der Waals surface area contributed by atoms with Gasteiger partial charge in [0.25, 0.3) is 5.91 Å². The van der Waals surface area contributed by atoms with Crippen LogP contribution in [0.2, 0.25) is 5.02 Å². The number of halogens is 7. The third-order valence-corrected chi connectivity index (χ3v) is 4.03. The summed E-state index contributed by atoms with van der Waals surface area (Å²) in [4.78, 5) is 12.3. The Hall–Kier alpha value is -3.02. The van der Waals surface area contributed by atoms with Gasteiger partial charge in [0.15, 0.2) is 11.4 Å². The Bertz CT molecular complexity index is 1070. The normalized spacial score (nSPS) is 12.3. The van der Waals surface area contributed by atoms with Crippen molar-refractivity contribution in [3.05, 3.63) is 58.6 Å². The second-order valence-electron chi connectivity index (χ2n) is 5.78. The van der Waals surface area contributed by atoms with Crippen LogP contribution in [0.4, 0.5) is 32.0 Å². The summed E-state index contributed by atoms with van der Waals surface area (Å²) in [6.45, 7) is 0. The standard InChI is InChI=1S/C16H10ClF6N5O/c1-27-7-8(12(26-27)15(18,19)20)14(29)25-10-6-24-28(13(10)16(21,22)23)11-5-3-2-4-9(11)17/h2-7H,1H3,(H,25,29). The van der Waals surface area contributed by atoms with E-state index < -0.39 is 40.9 Å². The fourth-order valence-electron chi connectivity index (χ4n) is 2.57.